The van der Waals surface area contributed by atoms with Crippen molar-refractivity contribution in [3.63, 3.8) is 0 Å². The summed E-state index contributed by atoms with van der Waals surface area (Å²) in [5.74, 6) is -1.38. The molecule has 0 unspecified atom stereocenters. The van der Waals surface area contributed by atoms with Gasteiger partial charge in [0.2, 0.25) is 0 Å². The van der Waals surface area contributed by atoms with Gasteiger partial charge in [0.25, 0.3) is 6.43 Å². The van der Waals surface area contributed by atoms with E-state index in [1.807, 2.05) is 0 Å². The van der Waals surface area contributed by atoms with E-state index in [0.717, 1.165) is 6.07 Å². The second-order valence-corrected chi connectivity index (χ2v) is 3.65. The van der Waals surface area contributed by atoms with Crippen molar-refractivity contribution in [2.45, 2.75) is 13.3 Å². The molecular formula is C8H6F2INO2. The first kappa shape index (κ1) is 11.3. The number of rotatable bonds is 2. The number of carboxylic acid groups (broad SMARTS) is 1. The van der Waals surface area contributed by atoms with Gasteiger partial charge in [0.15, 0.2) is 0 Å². The van der Waals surface area contributed by atoms with Gasteiger partial charge in [0.1, 0.15) is 9.26 Å². The normalized spacial score (nSPS) is 10.6. The van der Waals surface area contributed by atoms with Crippen LogP contribution in [-0.2, 0) is 0 Å². The SMILES string of the molecule is Cc1cc(C(F)F)c(C(=O)O)c(I)n1. The van der Waals surface area contributed by atoms with Crippen LogP contribution < -0.4 is 0 Å². The summed E-state index contributed by atoms with van der Waals surface area (Å²) in [6.07, 6.45) is -2.80. The van der Waals surface area contributed by atoms with E-state index in [2.05, 4.69) is 4.98 Å². The van der Waals surface area contributed by atoms with Crippen LogP contribution in [0.2, 0.25) is 0 Å². The third-order valence-corrected chi connectivity index (χ3v) is 2.36. The quantitative estimate of drug-likeness (QED) is 0.674. The summed E-state index contributed by atoms with van der Waals surface area (Å²) in [4.78, 5) is 14.5. The molecule has 0 fully saturated rings. The first-order valence-electron chi connectivity index (χ1n) is 3.62. The van der Waals surface area contributed by atoms with Crippen LogP contribution in [0.5, 0.6) is 0 Å². The van der Waals surface area contributed by atoms with Crippen molar-refractivity contribution in [2.24, 2.45) is 0 Å². The molecule has 1 N–H and O–H groups in total. The lowest BCUT2D eigenvalue weighted by molar-refractivity contribution is 0.0682. The molecule has 1 heterocycles. The topological polar surface area (TPSA) is 50.2 Å². The van der Waals surface area contributed by atoms with Gasteiger partial charge in [-0.05, 0) is 35.6 Å². The van der Waals surface area contributed by atoms with Crippen molar-refractivity contribution in [1.29, 1.82) is 0 Å². The molecule has 1 aromatic heterocycles. The van der Waals surface area contributed by atoms with Gasteiger partial charge in [-0.25, -0.2) is 18.6 Å². The highest BCUT2D eigenvalue weighted by molar-refractivity contribution is 14.1. The van der Waals surface area contributed by atoms with Crippen LogP contribution in [0.1, 0.15) is 28.0 Å². The second-order valence-electron chi connectivity index (χ2n) is 2.62. The van der Waals surface area contributed by atoms with Crippen LogP contribution in [0, 0.1) is 10.6 Å². The molecule has 0 saturated heterocycles. The van der Waals surface area contributed by atoms with Gasteiger partial charge in [-0.2, -0.15) is 0 Å². The Morgan fingerprint density at radius 2 is 2.21 bits per heavy atom. The average Bonchev–Trinajstić information content (AvgIpc) is 2.01. The van der Waals surface area contributed by atoms with Gasteiger partial charge in [-0.15, -0.1) is 0 Å². The summed E-state index contributed by atoms with van der Waals surface area (Å²) in [7, 11) is 0. The molecule has 0 radical (unpaired) electrons. The van der Waals surface area contributed by atoms with Crippen molar-refractivity contribution in [1.82, 2.24) is 4.98 Å². The van der Waals surface area contributed by atoms with Crippen molar-refractivity contribution in [3.8, 4) is 0 Å². The van der Waals surface area contributed by atoms with Crippen LogP contribution in [0.15, 0.2) is 6.07 Å². The molecule has 3 nitrogen and oxygen atoms in total. The number of aryl methyl sites for hydroxylation is 1. The van der Waals surface area contributed by atoms with E-state index in [-0.39, 0.29) is 3.70 Å². The van der Waals surface area contributed by atoms with E-state index >= 15 is 0 Å². The van der Waals surface area contributed by atoms with E-state index in [0.29, 0.717) is 5.69 Å². The highest BCUT2D eigenvalue weighted by Crippen LogP contribution is 2.26. The zero-order valence-electron chi connectivity index (χ0n) is 7.09. The van der Waals surface area contributed by atoms with Crippen LogP contribution in [-0.4, -0.2) is 16.1 Å². The highest BCUT2D eigenvalue weighted by Gasteiger charge is 2.22. The fourth-order valence-corrected chi connectivity index (χ4v) is 1.97. The first-order valence-corrected chi connectivity index (χ1v) is 4.70. The number of pyridine rings is 1. The standard InChI is InChI=1S/C8H6F2INO2/c1-3-2-4(6(9)10)5(8(13)14)7(11)12-3/h2,6H,1H3,(H,13,14). The molecule has 76 valence electrons. The predicted molar refractivity (Wildman–Crippen MR) is 53.6 cm³/mol. The highest BCUT2D eigenvalue weighted by atomic mass is 127. The first-order chi connectivity index (χ1) is 6.43. The van der Waals surface area contributed by atoms with Gasteiger partial charge < -0.3 is 5.11 Å². The summed E-state index contributed by atoms with van der Waals surface area (Å²) < 4.78 is 25.0. The zero-order chi connectivity index (χ0) is 10.9. The summed E-state index contributed by atoms with van der Waals surface area (Å²) in [6, 6.07) is 1.09. The summed E-state index contributed by atoms with van der Waals surface area (Å²) in [5, 5.41) is 8.71. The number of carbonyl (C=O) groups is 1. The molecule has 0 aromatic carbocycles. The van der Waals surface area contributed by atoms with E-state index in [1.54, 1.807) is 29.5 Å². The molecule has 0 atom stereocenters. The number of nitrogens with zero attached hydrogens (tertiary/aromatic N) is 1. The van der Waals surface area contributed by atoms with Gasteiger partial charge in [0.05, 0.1) is 0 Å². The van der Waals surface area contributed by atoms with E-state index in [1.165, 1.54) is 0 Å². The minimum absolute atomic E-state index is 0.0883. The van der Waals surface area contributed by atoms with Crippen molar-refractivity contribution >= 4 is 28.6 Å². The number of carboxylic acids is 1. The molecule has 14 heavy (non-hydrogen) atoms. The fourth-order valence-electron chi connectivity index (χ4n) is 1.04. The molecule has 0 aliphatic rings. The Bertz CT molecular complexity index is 382. The Labute approximate surface area is 92.3 Å². The summed E-state index contributed by atoms with van der Waals surface area (Å²) in [6.45, 7) is 1.54. The zero-order valence-corrected chi connectivity index (χ0v) is 9.25. The minimum atomic E-state index is -2.80. The van der Waals surface area contributed by atoms with Crippen molar-refractivity contribution in [3.05, 3.63) is 26.6 Å². The number of halogens is 3. The molecule has 0 spiro atoms. The number of hydrogen-bond donors (Lipinski definition) is 1. The molecule has 0 amide bonds. The third-order valence-electron chi connectivity index (χ3n) is 1.58. The Morgan fingerprint density at radius 1 is 1.64 bits per heavy atom. The third kappa shape index (κ3) is 2.17. The van der Waals surface area contributed by atoms with Gasteiger partial charge in [-0.3, -0.25) is 0 Å². The van der Waals surface area contributed by atoms with E-state index in [4.69, 9.17) is 5.11 Å². The van der Waals surface area contributed by atoms with Gasteiger partial charge >= 0.3 is 5.97 Å². The Kier molecular flexibility index (Phi) is 3.35. The summed E-state index contributed by atoms with van der Waals surface area (Å²) >= 11 is 1.63. The Balaban J connectivity index is 3.44. The number of hydrogen-bond acceptors (Lipinski definition) is 2. The maximum absolute atomic E-state index is 12.5. The van der Waals surface area contributed by atoms with Crippen LogP contribution in [0.3, 0.4) is 0 Å². The monoisotopic (exact) mass is 313 g/mol. The molecule has 1 aromatic rings. The van der Waals surface area contributed by atoms with Crippen LogP contribution in [0.25, 0.3) is 0 Å². The van der Waals surface area contributed by atoms with Crippen molar-refractivity contribution < 1.29 is 18.7 Å². The molecule has 0 aliphatic heterocycles. The molecule has 1 rings (SSSR count). The van der Waals surface area contributed by atoms with Crippen LogP contribution >= 0.6 is 22.6 Å². The van der Waals surface area contributed by atoms with Gasteiger partial charge in [0, 0.05) is 11.3 Å². The molecule has 0 saturated carbocycles. The second kappa shape index (κ2) is 4.16. The number of alkyl halides is 2. The molecule has 6 heteroatoms. The molecule has 0 bridgehead atoms. The maximum Gasteiger partial charge on any atom is 0.338 e. The van der Waals surface area contributed by atoms with E-state index in [9.17, 15) is 13.6 Å². The number of aromatic carboxylic acids is 1. The fraction of sp³-hybridized carbons (Fsp3) is 0.250. The lowest BCUT2D eigenvalue weighted by Gasteiger charge is -2.07. The maximum atomic E-state index is 12.5. The predicted octanol–water partition coefficient (Wildman–Crippen LogP) is 2.63. The lowest BCUT2D eigenvalue weighted by Crippen LogP contribution is -2.08. The number of aromatic nitrogens is 1. The minimum Gasteiger partial charge on any atom is -0.478 e. The smallest absolute Gasteiger partial charge is 0.338 e. The molecular weight excluding hydrogens is 307 g/mol. The van der Waals surface area contributed by atoms with E-state index < -0.39 is 23.5 Å². The van der Waals surface area contributed by atoms with Gasteiger partial charge in [-0.1, -0.05) is 0 Å². The largest absolute Gasteiger partial charge is 0.478 e. The Morgan fingerprint density at radius 3 is 2.64 bits per heavy atom. The van der Waals surface area contributed by atoms with Crippen LogP contribution in [0.4, 0.5) is 8.78 Å². The molecule has 0 aliphatic carbocycles. The lowest BCUT2D eigenvalue weighted by atomic mass is 10.1. The van der Waals surface area contributed by atoms with Crippen molar-refractivity contribution in [2.75, 3.05) is 0 Å². The summed E-state index contributed by atoms with van der Waals surface area (Å²) in [5.41, 5.74) is -0.504. The average molecular weight is 313 g/mol. The Hall–Kier alpha value is -0.790.